The van der Waals surface area contributed by atoms with Gasteiger partial charge in [0.2, 0.25) is 6.29 Å². The van der Waals surface area contributed by atoms with Gasteiger partial charge in [0, 0.05) is 0 Å². The molecule has 1 aliphatic rings. The van der Waals surface area contributed by atoms with Crippen LogP contribution in [0.1, 0.15) is 6.42 Å². The molecule has 0 unspecified atom stereocenters. The molecular formula is C19H20O9. The molecule has 0 radical (unpaired) electrons. The van der Waals surface area contributed by atoms with Gasteiger partial charge in [-0.1, -0.05) is 30.3 Å². The molecule has 5 atom stereocenters. The van der Waals surface area contributed by atoms with E-state index in [1.165, 1.54) is 0 Å². The molecule has 0 saturated carbocycles. The van der Waals surface area contributed by atoms with Crippen molar-refractivity contribution in [2.45, 2.75) is 37.1 Å². The summed E-state index contributed by atoms with van der Waals surface area (Å²) in [6.45, 7) is -0.505. The molecule has 1 saturated heterocycles. The molecule has 0 spiro atoms. The van der Waals surface area contributed by atoms with E-state index in [-0.39, 0.29) is 0 Å². The molecule has 1 fully saturated rings. The number of hydrogen-bond acceptors (Lipinski definition) is 8. The number of benzene rings is 2. The molecule has 9 heteroatoms. The van der Waals surface area contributed by atoms with Crippen LogP contribution in [0.2, 0.25) is 0 Å². The zero-order valence-electron chi connectivity index (χ0n) is 14.7. The fourth-order valence-corrected chi connectivity index (χ4v) is 2.88. The van der Waals surface area contributed by atoms with Crippen LogP contribution in [0.4, 0.5) is 0 Å². The Hall–Kier alpha value is -2.72. The van der Waals surface area contributed by atoms with Crippen LogP contribution in [-0.4, -0.2) is 69.7 Å². The van der Waals surface area contributed by atoms with Crippen LogP contribution in [0, 0.1) is 0 Å². The Bertz CT molecular complexity index is 852. The van der Waals surface area contributed by atoms with Gasteiger partial charge in [-0.25, -0.2) is 0 Å². The summed E-state index contributed by atoms with van der Waals surface area (Å²) < 4.78 is 15.8. The summed E-state index contributed by atoms with van der Waals surface area (Å²) in [7, 11) is 0. The Morgan fingerprint density at radius 1 is 0.964 bits per heavy atom. The van der Waals surface area contributed by atoms with Crippen LogP contribution in [0.5, 0.6) is 5.75 Å². The van der Waals surface area contributed by atoms with Crippen LogP contribution in [0.25, 0.3) is 10.8 Å². The van der Waals surface area contributed by atoms with E-state index in [1.54, 1.807) is 12.1 Å². The molecular weight excluding hydrogens is 372 g/mol. The summed E-state index contributed by atoms with van der Waals surface area (Å²) in [4.78, 5) is 21.9. The molecule has 0 aromatic heterocycles. The highest BCUT2D eigenvalue weighted by molar-refractivity contribution is 5.90. The second-order valence-electron chi connectivity index (χ2n) is 6.40. The Morgan fingerprint density at radius 3 is 2.39 bits per heavy atom. The largest absolute Gasteiger partial charge is 0.481 e. The predicted molar refractivity (Wildman–Crippen MR) is 94.5 cm³/mol. The van der Waals surface area contributed by atoms with Gasteiger partial charge in [-0.05, 0) is 22.9 Å². The van der Waals surface area contributed by atoms with Gasteiger partial charge in [0.25, 0.3) is 0 Å². The van der Waals surface area contributed by atoms with E-state index in [9.17, 15) is 24.9 Å². The zero-order chi connectivity index (χ0) is 20.3. The lowest BCUT2D eigenvalue weighted by Gasteiger charge is -2.39. The summed E-state index contributed by atoms with van der Waals surface area (Å²) in [6, 6.07) is 12.8. The van der Waals surface area contributed by atoms with Crippen molar-refractivity contribution in [2.24, 2.45) is 0 Å². The number of hydrogen-bond donors (Lipinski definition) is 4. The quantitative estimate of drug-likeness (QED) is 0.396. The first kappa shape index (κ1) is 20.0. The van der Waals surface area contributed by atoms with Crippen molar-refractivity contribution in [3.8, 4) is 5.75 Å². The summed E-state index contributed by atoms with van der Waals surface area (Å²) in [5.41, 5.74) is 0. The second-order valence-corrected chi connectivity index (χ2v) is 6.40. The summed E-state index contributed by atoms with van der Waals surface area (Å²) in [5, 5.41) is 40.7. The predicted octanol–water partition coefficient (Wildman–Crippen LogP) is 0.0441. The summed E-state index contributed by atoms with van der Waals surface area (Å²) in [5.74, 6) is -2.01. The first-order chi connectivity index (χ1) is 13.3. The van der Waals surface area contributed by atoms with Crippen LogP contribution in [0.15, 0.2) is 42.5 Å². The Balaban J connectivity index is 1.68. The third-order valence-corrected chi connectivity index (χ3v) is 4.35. The van der Waals surface area contributed by atoms with Crippen molar-refractivity contribution in [1.29, 1.82) is 0 Å². The fourth-order valence-electron chi connectivity index (χ4n) is 2.88. The van der Waals surface area contributed by atoms with E-state index in [0.29, 0.717) is 5.75 Å². The molecule has 28 heavy (non-hydrogen) atoms. The average molecular weight is 392 g/mol. The van der Waals surface area contributed by atoms with E-state index in [4.69, 9.17) is 19.3 Å². The lowest BCUT2D eigenvalue weighted by molar-refractivity contribution is -0.278. The lowest BCUT2D eigenvalue weighted by Crippen LogP contribution is -2.60. The third-order valence-electron chi connectivity index (χ3n) is 4.35. The molecule has 0 bridgehead atoms. The maximum atomic E-state index is 11.4. The van der Waals surface area contributed by atoms with Crippen LogP contribution >= 0.6 is 0 Å². The normalized spacial score (nSPS) is 27.3. The first-order valence-corrected chi connectivity index (χ1v) is 8.57. The van der Waals surface area contributed by atoms with Gasteiger partial charge in [-0.2, -0.15) is 0 Å². The highest BCUT2D eigenvalue weighted by atomic mass is 16.7. The number of carbonyl (C=O) groups is 2. The standard InChI is InChI=1S/C19H20O9/c20-14(21)8-15(22)26-9-13-16(23)17(24)18(25)19(28-13)27-12-6-5-10-3-1-2-4-11(10)7-12/h1-7,13,16-19,23-25H,8-9H2,(H,20,21)/t13-,16-,17+,18-,19-/m1/s1. The number of esters is 1. The monoisotopic (exact) mass is 392 g/mol. The molecule has 2 aromatic carbocycles. The number of rotatable bonds is 6. The van der Waals surface area contributed by atoms with E-state index >= 15 is 0 Å². The van der Waals surface area contributed by atoms with Crippen LogP contribution in [0.3, 0.4) is 0 Å². The van der Waals surface area contributed by atoms with E-state index < -0.39 is 55.7 Å². The number of aliphatic hydroxyl groups is 3. The highest BCUT2D eigenvalue weighted by Crippen LogP contribution is 2.27. The number of carboxylic acids is 1. The fraction of sp³-hybridized carbons (Fsp3) is 0.368. The summed E-state index contributed by atoms with van der Waals surface area (Å²) >= 11 is 0. The van der Waals surface area contributed by atoms with Crippen LogP contribution in [-0.2, 0) is 19.1 Å². The zero-order valence-corrected chi connectivity index (χ0v) is 14.7. The van der Waals surface area contributed by atoms with Crippen molar-refractivity contribution in [3.63, 3.8) is 0 Å². The van der Waals surface area contributed by atoms with Crippen molar-refractivity contribution in [1.82, 2.24) is 0 Å². The minimum Gasteiger partial charge on any atom is -0.481 e. The van der Waals surface area contributed by atoms with Gasteiger partial charge < -0.3 is 34.6 Å². The van der Waals surface area contributed by atoms with Gasteiger partial charge in [0.1, 0.15) is 43.2 Å². The van der Waals surface area contributed by atoms with Gasteiger partial charge in [-0.15, -0.1) is 0 Å². The van der Waals surface area contributed by atoms with Gasteiger partial charge >= 0.3 is 11.9 Å². The summed E-state index contributed by atoms with van der Waals surface area (Å²) in [6.07, 6.45) is -8.09. The molecule has 1 aliphatic heterocycles. The smallest absolute Gasteiger partial charge is 0.317 e. The minimum atomic E-state index is -1.61. The van der Waals surface area contributed by atoms with Crippen molar-refractivity contribution < 1.29 is 44.2 Å². The Labute approximate surface area is 159 Å². The lowest BCUT2D eigenvalue weighted by atomic mass is 9.99. The van der Waals surface area contributed by atoms with Crippen molar-refractivity contribution in [2.75, 3.05) is 6.61 Å². The highest BCUT2D eigenvalue weighted by Gasteiger charge is 2.45. The SMILES string of the molecule is O=C(O)CC(=O)OC[C@H]1O[C@@H](Oc2ccc3ccccc3c2)[C@H](O)[C@@H](O)[C@@H]1O. The van der Waals surface area contributed by atoms with Crippen LogP contribution < -0.4 is 4.74 Å². The number of carbonyl (C=O) groups excluding carboxylic acids is 1. The van der Waals surface area contributed by atoms with E-state index in [0.717, 1.165) is 10.8 Å². The molecule has 3 rings (SSSR count). The van der Waals surface area contributed by atoms with E-state index in [1.807, 2.05) is 30.3 Å². The molecule has 2 aromatic rings. The van der Waals surface area contributed by atoms with Gasteiger partial charge in [0.05, 0.1) is 0 Å². The number of aliphatic hydroxyl groups excluding tert-OH is 3. The van der Waals surface area contributed by atoms with Crippen molar-refractivity contribution >= 4 is 22.7 Å². The van der Waals surface area contributed by atoms with Gasteiger partial charge in [-0.3, -0.25) is 9.59 Å². The topological polar surface area (TPSA) is 143 Å². The van der Waals surface area contributed by atoms with E-state index in [2.05, 4.69) is 0 Å². The molecule has 150 valence electrons. The second kappa shape index (κ2) is 8.53. The average Bonchev–Trinajstić information content (AvgIpc) is 2.67. The minimum absolute atomic E-state index is 0.368. The van der Waals surface area contributed by atoms with Gasteiger partial charge in [0.15, 0.2) is 0 Å². The molecule has 0 amide bonds. The number of aliphatic carboxylic acids is 1. The molecule has 9 nitrogen and oxygen atoms in total. The first-order valence-electron chi connectivity index (χ1n) is 8.57. The molecule has 4 N–H and O–H groups in total. The molecule has 0 aliphatic carbocycles. The third kappa shape index (κ3) is 4.57. The Kier molecular flexibility index (Phi) is 6.10. The maximum absolute atomic E-state index is 11.4. The number of fused-ring (bicyclic) bond motifs is 1. The van der Waals surface area contributed by atoms with Crippen molar-refractivity contribution in [3.05, 3.63) is 42.5 Å². The maximum Gasteiger partial charge on any atom is 0.317 e. The molecule has 1 heterocycles. The number of carboxylic acid groups (broad SMARTS) is 1. The number of ether oxygens (including phenoxy) is 3. The Morgan fingerprint density at radius 2 is 1.68 bits per heavy atom.